The molecule has 5 nitrogen and oxygen atoms in total. The molecular formula is C11H25N3O2S. The molecule has 0 saturated carbocycles. The number of nitrogens with zero attached hydrogens (tertiary/aromatic N) is 1. The lowest BCUT2D eigenvalue weighted by atomic mass is 10.1. The second kappa shape index (κ2) is 7.31. The van der Waals surface area contributed by atoms with Crippen LogP contribution in [0.4, 0.5) is 0 Å². The topological polar surface area (TPSA) is 61.4 Å². The highest BCUT2D eigenvalue weighted by molar-refractivity contribution is 7.89. The first-order valence-corrected chi connectivity index (χ1v) is 8.08. The third-order valence-corrected chi connectivity index (χ3v) is 4.47. The monoisotopic (exact) mass is 263 g/mol. The Morgan fingerprint density at radius 2 is 1.88 bits per heavy atom. The van der Waals surface area contributed by atoms with Gasteiger partial charge < -0.3 is 10.2 Å². The maximum atomic E-state index is 11.8. The van der Waals surface area contributed by atoms with Crippen LogP contribution in [0.5, 0.6) is 0 Å². The predicted molar refractivity (Wildman–Crippen MR) is 70.6 cm³/mol. The van der Waals surface area contributed by atoms with E-state index in [2.05, 4.69) is 28.9 Å². The van der Waals surface area contributed by atoms with Gasteiger partial charge in [0.1, 0.15) is 0 Å². The lowest BCUT2D eigenvalue weighted by Gasteiger charge is -2.29. The average molecular weight is 263 g/mol. The smallest absolute Gasteiger partial charge is 0.213 e. The minimum atomic E-state index is -3.11. The summed E-state index contributed by atoms with van der Waals surface area (Å²) >= 11 is 0. The minimum absolute atomic E-state index is 0.127. The Kier molecular flexibility index (Phi) is 6.40. The molecule has 1 fully saturated rings. The van der Waals surface area contributed by atoms with Gasteiger partial charge in [-0.2, -0.15) is 0 Å². The summed E-state index contributed by atoms with van der Waals surface area (Å²) in [4.78, 5) is 2.23. The van der Waals surface area contributed by atoms with E-state index in [4.69, 9.17) is 0 Å². The Hall–Kier alpha value is -0.170. The summed E-state index contributed by atoms with van der Waals surface area (Å²) in [5.41, 5.74) is 0. The molecule has 0 unspecified atom stereocenters. The zero-order valence-corrected chi connectivity index (χ0v) is 11.7. The Morgan fingerprint density at radius 3 is 2.47 bits per heavy atom. The molecular weight excluding hydrogens is 238 g/mol. The first kappa shape index (κ1) is 14.9. The van der Waals surface area contributed by atoms with E-state index < -0.39 is 10.0 Å². The lowest BCUT2D eigenvalue weighted by molar-refractivity contribution is 0.248. The summed E-state index contributed by atoms with van der Waals surface area (Å²) < 4.78 is 26.4. The molecule has 17 heavy (non-hydrogen) atoms. The molecule has 0 aromatic rings. The van der Waals surface area contributed by atoms with Crippen molar-refractivity contribution in [1.82, 2.24) is 14.9 Å². The zero-order valence-electron chi connectivity index (χ0n) is 10.9. The fourth-order valence-corrected chi connectivity index (χ4v) is 3.22. The van der Waals surface area contributed by atoms with Crippen molar-refractivity contribution in [3.63, 3.8) is 0 Å². The van der Waals surface area contributed by atoms with E-state index in [9.17, 15) is 8.42 Å². The van der Waals surface area contributed by atoms with Crippen LogP contribution in [-0.2, 0) is 10.0 Å². The number of sulfonamides is 1. The molecule has 1 heterocycles. The molecule has 1 saturated heterocycles. The van der Waals surface area contributed by atoms with Crippen LogP contribution >= 0.6 is 0 Å². The maximum Gasteiger partial charge on any atom is 0.213 e. The van der Waals surface area contributed by atoms with E-state index in [-0.39, 0.29) is 11.8 Å². The molecule has 0 radical (unpaired) electrons. The lowest BCUT2D eigenvalue weighted by Crippen LogP contribution is -2.45. The number of rotatable bonds is 7. The van der Waals surface area contributed by atoms with E-state index in [1.165, 1.54) is 0 Å². The quantitative estimate of drug-likeness (QED) is 0.635. The van der Waals surface area contributed by atoms with Gasteiger partial charge in [-0.25, -0.2) is 13.1 Å². The van der Waals surface area contributed by atoms with Gasteiger partial charge in [0.25, 0.3) is 0 Å². The Morgan fingerprint density at radius 1 is 1.24 bits per heavy atom. The summed E-state index contributed by atoms with van der Waals surface area (Å²) in [5, 5.41) is 3.11. The summed E-state index contributed by atoms with van der Waals surface area (Å²) in [6.07, 6.45) is 2.86. The molecule has 0 amide bonds. The first-order valence-electron chi connectivity index (χ1n) is 6.43. The van der Waals surface area contributed by atoms with Crippen LogP contribution in [-0.4, -0.2) is 58.3 Å². The van der Waals surface area contributed by atoms with Crippen molar-refractivity contribution >= 4 is 10.0 Å². The van der Waals surface area contributed by atoms with Crippen LogP contribution in [0.1, 0.15) is 26.2 Å². The van der Waals surface area contributed by atoms with Crippen molar-refractivity contribution in [2.24, 2.45) is 0 Å². The summed E-state index contributed by atoms with van der Waals surface area (Å²) in [5.74, 6) is 0.180. The van der Waals surface area contributed by atoms with E-state index in [0.717, 1.165) is 38.9 Å². The van der Waals surface area contributed by atoms with E-state index >= 15 is 0 Å². The van der Waals surface area contributed by atoms with Gasteiger partial charge in [-0.15, -0.1) is 0 Å². The predicted octanol–water partition coefficient (Wildman–Crippen LogP) is -0.000400. The largest absolute Gasteiger partial charge is 0.316 e. The maximum absolute atomic E-state index is 11.8. The average Bonchev–Trinajstić information content (AvgIpc) is 2.27. The Bertz CT molecular complexity index is 298. The van der Waals surface area contributed by atoms with Gasteiger partial charge in [0.2, 0.25) is 10.0 Å². The number of piperidine rings is 1. The van der Waals surface area contributed by atoms with Crippen molar-refractivity contribution in [2.45, 2.75) is 32.2 Å². The molecule has 0 aromatic carbocycles. The highest BCUT2D eigenvalue weighted by atomic mass is 32.2. The van der Waals surface area contributed by atoms with Gasteiger partial charge in [-0.05, 0) is 45.9 Å². The third kappa shape index (κ3) is 6.35. The standard InChI is InChI=1S/C11H25N3O2S/c1-3-6-12-7-10-17(15,16)13-11-4-8-14(2)9-5-11/h11-13H,3-10H2,1-2H3. The molecule has 1 aliphatic rings. The molecule has 0 spiro atoms. The molecule has 1 rings (SSSR count). The molecule has 0 aromatic heterocycles. The van der Waals surface area contributed by atoms with Gasteiger partial charge in [-0.1, -0.05) is 6.92 Å². The van der Waals surface area contributed by atoms with Crippen LogP contribution < -0.4 is 10.0 Å². The molecule has 2 N–H and O–H groups in total. The zero-order chi connectivity index (χ0) is 12.7. The number of hydrogen-bond acceptors (Lipinski definition) is 4. The van der Waals surface area contributed by atoms with Crippen LogP contribution in [0, 0.1) is 0 Å². The van der Waals surface area contributed by atoms with E-state index in [1.807, 2.05) is 0 Å². The Labute approximate surface area is 105 Å². The molecule has 1 aliphatic heterocycles. The summed E-state index contributed by atoms with van der Waals surface area (Å²) in [7, 11) is -1.04. The second-order valence-electron chi connectivity index (χ2n) is 4.76. The second-order valence-corrected chi connectivity index (χ2v) is 6.64. The van der Waals surface area contributed by atoms with E-state index in [1.54, 1.807) is 0 Å². The molecule has 0 atom stereocenters. The van der Waals surface area contributed by atoms with Gasteiger partial charge in [0.15, 0.2) is 0 Å². The van der Waals surface area contributed by atoms with Crippen molar-refractivity contribution < 1.29 is 8.42 Å². The number of hydrogen-bond donors (Lipinski definition) is 2. The van der Waals surface area contributed by atoms with Crippen molar-refractivity contribution in [2.75, 3.05) is 39.0 Å². The third-order valence-electron chi connectivity index (χ3n) is 3.04. The van der Waals surface area contributed by atoms with Crippen LogP contribution in [0.25, 0.3) is 0 Å². The van der Waals surface area contributed by atoms with Crippen LogP contribution in [0.15, 0.2) is 0 Å². The van der Waals surface area contributed by atoms with Crippen LogP contribution in [0.3, 0.4) is 0 Å². The number of likely N-dealkylation sites (tertiary alicyclic amines) is 1. The van der Waals surface area contributed by atoms with E-state index in [0.29, 0.717) is 6.54 Å². The summed E-state index contributed by atoms with van der Waals surface area (Å²) in [6.45, 7) is 5.43. The number of nitrogens with one attached hydrogen (secondary N) is 2. The normalized spacial score (nSPS) is 19.6. The van der Waals surface area contributed by atoms with Gasteiger partial charge in [-0.3, -0.25) is 0 Å². The van der Waals surface area contributed by atoms with Crippen LogP contribution in [0.2, 0.25) is 0 Å². The molecule has 0 aliphatic carbocycles. The highest BCUT2D eigenvalue weighted by Gasteiger charge is 2.21. The van der Waals surface area contributed by atoms with Gasteiger partial charge in [0, 0.05) is 12.6 Å². The minimum Gasteiger partial charge on any atom is -0.316 e. The van der Waals surface area contributed by atoms with Gasteiger partial charge in [0.05, 0.1) is 5.75 Å². The van der Waals surface area contributed by atoms with Crippen molar-refractivity contribution in [1.29, 1.82) is 0 Å². The Balaban J connectivity index is 2.24. The first-order chi connectivity index (χ1) is 8.03. The fourth-order valence-electron chi connectivity index (χ4n) is 1.95. The molecule has 6 heteroatoms. The SMILES string of the molecule is CCCNCCS(=O)(=O)NC1CCN(C)CC1. The molecule has 0 bridgehead atoms. The summed E-state index contributed by atoms with van der Waals surface area (Å²) in [6, 6.07) is 0.127. The van der Waals surface area contributed by atoms with Crippen molar-refractivity contribution in [3.05, 3.63) is 0 Å². The van der Waals surface area contributed by atoms with Crippen molar-refractivity contribution in [3.8, 4) is 0 Å². The fraction of sp³-hybridized carbons (Fsp3) is 1.00. The highest BCUT2D eigenvalue weighted by Crippen LogP contribution is 2.09. The van der Waals surface area contributed by atoms with Gasteiger partial charge >= 0.3 is 0 Å². The molecule has 102 valence electrons.